The van der Waals surface area contributed by atoms with Crippen molar-refractivity contribution in [2.45, 2.75) is 30.1 Å². The van der Waals surface area contributed by atoms with Gasteiger partial charge in [0.15, 0.2) is 0 Å². The third-order valence-corrected chi connectivity index (χ3v) is 9.24. The molecule has 0 bridgehead atoms. The monoisotopic (exact) mass is 656 g/mol. The number of benzene rings is 3. The SMILES string of the molecule is O=C(NO)C1c2c([nH]n(-c3cccc(C(F)(F)F)c3)c2=O)CCN1S(=O)(=O)c1ccc(OCc2ccc(Cl)cc2Cl)cc1. The second kappa shape index (κ2) is 11.7. The van der Waals surface area contributed by atoms with Crippen LogP contribution in [0.2, 0.25) is 10.0 Å². The molecular weight excluding hydrogens is 636 g/mol. The van der Waals surface area contributed by atoms with E-state index in [0.29, 0.717) is 21.4 Å². The number of aromatic amines is 1. The molecule has 3 N–H and O–H groups in total. The predicted molar refractivity (Wildman–Crippen MR) is 149 cm³/mol. The molecule has 1 aliphatic heterocycles. The molecule has 43 heavy (non-hydrogen) atoms. The van der Waals surface area contributed by atoms with Crippen molar-refractivity contribution in [3.63, 3.8) is 0 Å². The number of amides is 1. The summed E-state index contributed by atoms with van der Waals surface area (Å²) in [6.07, 6.45) is -4.76. The zero-order chi connectivity index (χ0) is 31.1. The highest BCUT2D eigenvalue weighted by molar-refractivity contribution is 7.89. The van der Waals surface area contributed by atoms with Gasteiger partial charge >= 0.3 is 6.18 Å². The van der Waals surface area contributed by atoms with Gasteiger partial charge in [-0.15, -0.1) is 0 Å². The smallest absolute Gasteiger partial charge is 0.416 e. The molecule has 1 amide bonds. The van der Waals surface area contributed by atoms with Crippen molar-refractivity contribution < 1.29 is 36.3 Å². The lowest BCUT2D eigenvalue weighted by molar-refractivity contribution is -0.137. The van der Waals surface area contributed by atoms with Crippen molar-refractivity contribution in [3.05, 3.63) is 110 Å². The number of hydrogen-bond donors (Lipinski definition) is 3. The van der Waals surface area contributed by atoms with Crippen molar-refractivity contribution in [2.75, 3.05) is 6.54 Å². The number of alkyl halides is 3. The molecule has 1 atom stereocenters. The maximum Gasteiger partial charge on any atom is 0.416 e. The minimum absolute atomic E-state index is 0.0708. The quantitative estimate of drug-likeness (QED) is 0.192. The van der Waals surface area contributed by atoms with E-state index in [2.05, 4.69) is 5.10 Å². The zero-order valence-electron chi connectivity index (χ0n) is 21.7. The number of aromatic nitrogens is 2. The van der Waals surface area contributed by atoms with E-state index in [0.717, 1.165) is 27.2 Å². The lowest BCUT2D eigenvalue weighted by Crippen LogP contribution is -2.48. The van der Waals surface area contributed by atoms with Crippen LogP contribution in [0.1, 0.15) is 28.4 Å². The first-order chi connectivity index (χ1) is 20.3. The second-order valence-electron chi connectivity index (χ2n) is 9.43. The Labute approximate surface area is 252 Å². The topological polar surface area (TPSA) is 134 Å². The van der Waals surface area contributed by atoms with E-state index in [1.807, 2.05) is 0 Å². The average molecular weight is 657 g/mol. The Morgan fingerprint density at radius 2 is 1.81 bits per heavy atom. The van der Waals surface area contributed by atoms with E-state index in [9.17, 15) is 36.4 Å². The van der Waals surface area contributed by atoms with E-state index in [-0.39, 0.29) is 41.4 Å². The van der Waals surface area contributed by atoms with Crippen LogP contribution < -0.4 is 15.8 Å². The predicted octanol–water partition coefficient (Wildman–Crippen LogP) is 4.86. The largest absolute Gasteiger partial charge is 0.489 e. The molecule has 0 saturated carbocycles. The Morgan fingerprint density at radius 1 is 1.09 bits per heavy atom. The minimum Gasteiger partial charge on any atom is -0.489 e. The van der Waals surface area contributed by atoms with Gasteiger partial charge in [-0.1, -0.05) is 35.3 Å². The van der Waals surface area contributed by atoms with Gasteiger partial charge in [-0.2, -0.15) is 17.5 Å². The summed E-state index contributed by atoms with van der Waals surface area (Å²) >= 11 is 12.1. The fourth-order valence-electron chi connectivity index (χ4n) is 4.69. The van der Waals surface area contributed by atoms with E-state index in [4.69, 9.17) is 27.9 Å². The number of carbonyl (C=O) groups excluding carboxylic acids is 1. The number of ether oxygens (including phenoxy) is 1. The third kappa shape index (κ3) is 6.01. The standard InChI is InChI=1S/C27H21Cl2F3N4O6S/c28-17-5-4-15(21(29)13-17)14-42-19-6-8-20(9-7-19)43(40,41)35-11-10-22-23(24(35)25(37)34-39)26(38)36(33-22)18-3-1-2-16(12-18)27(30,31)32/h1-9,12-13,24,33,39H,10-11,14H2,(H,34,37). The molecule has 0 radical (unpaired) electrons. The molecule has 226 valence electrons. The number of carbonyl (C=O) groups is 1. The molecule has 10 nitrogen and oxygen atoms in total. The molecule has 0 fully saturated rings. The Bertz CT molecular complexity index is 1860. The maximum atomic E-state index is 13.7. The number of hydroxylamine groups is 1. The van der Waals surface area contributed by atoms with Crippen molar-refractivity contribution in [2.24, 2.45) is 0 Å². The normalized spacial score (nSPS) is 15.6. The Hall–Kier alpha value is -3.82. The zero-order valence-corrected chi connectivity index (χ0v) is 24.1. The molecule has 1 aliphatic rings. The van der Waals surface area contributed by atoms with E-state index < -0.39 is 39.3 Å². The van der Waals surface area contributed by atoms with Crippen LogP contribution in [0, 0.1) is 0 Å². The molecule has 1 unspecified atom stereocenters. The number of hydrogen-bond acceptors (Lipinski definition) is 6. The van der Waals surface area contributed by atoms with Crippen LogP contribution in [0.3, 0.4) is 0 Å². The lowest BCUT2D eigenvalue weighted by atomic mass is 10.0. The van der Waals surface area contributed by atoms with Gasteiger partial charge in [-0.05, 0) is 54.6 Å². The first-order valence-corrected chi connectivity index (χ1v) is 14.6. The van der Waals surface area contributed by atoms with Crippen LogP contribution in [0.5, 0.6) is 5.75 Å². The highest BCUT2D eigenvalue weighted by Crippen LogP contribution is 2.34. The Morgan fingerprint density at radius 3 is 2.47 bits per heavy atom. The van der Waals surface area contributed by atoms with Crippen LogP contribution in [0.25, 0.3) is 5.69 Å². The number of fused-ring (bicyclic) bond motifs is 1. The van der Waals surface area contributed by atoms with Crippen LogP contribution in [0.4, 0.5) is 13.2 Å². The summed E-state index contributed by atoms with van der Waals surface area (Å²) in [5, 5.41) is 13.0. The van der Waals surface area contributed by atoms with Gasteiger partial charge in [0.1, 0.15) is 18.4 Å². The van der Waals surface area contributed by atoms with Gasteiger partial charge in [0.25, 0.3) is 11.5 Å². The molecule has 16 heteroatoms. The lowest BCUT2D eigenvalue weighted by Gasteiger charge is -2.32. The molecule has 1 aromatic heterocycles. The van der Waals surface area contributed by atoms with Crippen molar-refractivity contribution in [1.29, 1.82) is 0 Å². The summed E-state index contributed by atoms with van der Waals surface area (Å²) in [4.78, 5) is 26.0. The fraction of sp³-hybridized carbons (Fsp3) is 0.185. The summed E-state index contributed by atoms with van der Waals surface area (Å²) in [5.74, 6) is -0.915. The molecular formula is C27H21Cl2F3N4O6S. The highest BCUT2D eigenvalue weighted by atomic mass is 35.5. The Kier molecular flexibility index (Phi) is 8.33. The van der Waals surface area contributed by atoms with Crippen LogP contribution in [0.15, 0.2) is 76.4 Å². The number of nitrogens with one attached hydrogen (secondary N) is 2. The number of rotatable bonds is 7. The summed E-state index contributed by atoms with van der Waals surface area (Å²) in [5.41, 5.74) is -0.311. The number of nitrogens with zero attached hydrogens (tertiary/aromatic N) is 2. The number of sulfonamides is 1. The number of halogens is 5. The molecule has 2 heterocycles. The first-order valence-electron chi connectivity index (χ1n) is 12.5. The highest BCUT2D eigenvalue weighted by Gasteiger charge is 2.44. The van der Waals surface area contributed by atoms with Crippen LogP contribution in [-0.2, 0) is 34.0 Å². The van der Waals surface area contributed by atoms with E-state index in [1.54, 1.807) is 18.2 Å². The average Bonchev–Trinajstić information content (AvgIpc) is 3.32. The van der Waals surface area contributed by atoms with Gasteiger partial charge in [0, 0.05) is 34.3 Å². The van der Waals surface area contributed by atoms with Gasteiger partial charge in [-0.3, -0.25) is 19.9 Å². The third-order valence-electron chi connectivity index (χ3n) is 6.78. The van der Waals surface area contributed by atoms with Crippen LogP contribution in [-0.4, -0.2) is 40.2 Å². The van der Waals surface area contributed by atoms with E-state index in [1.165, 1.54) is 35.8 Å². The molecule has 0 aliphatic carbocycles. The molecule has 0 saturated heterocycles. The summed E-state index contributed by atoms with van der Waals surface area (Å²) < 4.78 is 74.4. The second-order valence-corrected chi connectivity index (χ2v) is 12.2. The van der Waals surface area contributed by atoms with Crippen LogP contribution >= 0.6 is 23.2 Å². The maximum absolute atomic E-state index is 13.7. The van der Waals surface area contributed by atoms with Crippen molar-refractivity contribution in [1.82, 2.24) is 19.6 Å². The van der Waals surface area contributed by atoms with Gasteiger partial charge in [0.05, 0.1) is 21.7 Å². The summed E-state index contributed by atoms with van der Waals surface area (Å²) in [7, 11) is -4.44. The van der Waals surface area contributed by atoms with Gasteiger partial charge < -0.3 is 4.74 Å². The van der Waals surface area contributed by atoms with Gasteiger partial charge in [-0.25, -0.2) is 18.6 Å². The van der Waals surface area contributed by atoms with Crippen molar-refractivity contribution in [3.8, 4) is 11.4 Å². The molecule has 4 aromatic rings. The minimum atomic E-state index is -4.68. The first kappa shape index (κ1) is 30.6. The molecule has 5 rings (SSSR count). The molecule has 3 aromatic carbocycles. The summed E-state index contributed by atoms with van der Waals surface area (Å²) in [6, 6.07) is 12.3. The van der Waals surface area contributed by atoms with E-state index >= 15 is 0 Å². The number of H-pyrrole nitrogens is 1. The van der Waals surface area contributed by atoms with Gasteiger partial charge in [0.2, 0.25) is 10.0 Å². The Balaban J connectivity index is 1.45. The summed E-state index contributed by atoms with van der Waals surface area (Å²) in [6.45, 7) is -0.218. The fourth-order valence-corrected chi connectivity index (χ4v) is 6.72. The molecule has 0 spiro atoms. The van der Waals surface area contributed by atoms with Crippen molar-refractivity contribution >= 4 is 39.1 Å².